The molecule has 0 aliphatic carbocycles. The molecular formula is C26H27N3O3. The van der Waals surface area contributed by atoms with Crippen molar-refractivity contribution < 1.29 is 14.3 Å². The molecule has 2 aromatic carbocycles. The number of para-hydroxylation sites is 1. The summed E-state index contributed by atoms with van der Waals surface area (Å²) in [6.07, 6.45) is 4.19. The zero-order chi connectivity index (χ0) is 22.5. The normalized spacial score (nSPS) is 14.9. The molecule has 6 heteroatoms. The van der Waals surface area contributed by atoms with Crippen molar-refractivity contribution in [2.75, 3.05) is 13.7 Å². The minimum absolute atomic E-state index is 0.176. The smallest absolute Gasteiger partial charge is 0.258 e. The summed E-state index contributed by atoms with van der Waals surface area (Å²) in [6, 6.07) is 18.0. The Balaban J connectivity index is 1.34. The molecule has 2 heterocycles. The molecule has 1 aliphatic rings. The van der Waals surface area contributed by atoms with Crippen LogP contribution in [0, 0.1) is 6.92 Å². The Bertz CT molecular complexity index is 1110. The largest absolute Gasteiger partial charge is 0.493 e. The number of rotatable bonds is 7. The molecule has 0 saturated heterocycles. The monoisotopic (exact) mass is 429 g/mol. The number of ether oxygens (including phenoxy) is 2. The Labute approximate surface area is 188 Å². The first kappa shape index (κ1) is 21.6. The van der Waals surface area contributed by atoms with Gasteiger partial charge < -0.3 is 9.47 Å². The van der Waals surface area contributed by atoms with Crippen LogP contribution in [0.4, 0.5) is 0 Å². The summed E-state index contributed by atoms with van der Waals surface area (Å²) >= 11 is 0. The molecule has 1 N–H and O–H groups in total. The molecule has 0 fully saturated rings. The first-order chi connectivity index (χ1) is 15.5. The van der Waals surface area contributed by atoms with Crippen molar-refractivity contribution in [3.63, 3.8) is 0 Å². The van der Waals surface area contributed by atoms with E-state index < -0.39 is 0 Å². The Kier molecular flexibility index (Phi) is 6.52. The molecule has 1 aromatic heterocycles. The minimum Gasteiger partial charge on any atom is -0.493 e. The number of hydrogen-bond acceptors (Lipinski definition) is 5. The first-order valence-electron chi connectivity index (χ1n) is 10.6. The van der Waals surface area contributed by atoms with Crippen molar-refractivity contribution in [3.05, 3.63) is 102 Å². The number of aryl methyl sites for hydroxylation is 1. The van der Waals surface area contributed by atoms with Crippen LogP contribution in [0.15, 0.2) is 79.5 Å². The van der Waals surface area contributed by atoms with Crippen LogP contribution in [0.5, 0.6) is 11.5 Å². The Morgan fingerprint density at radius 3 is 2.78 bits per heavy atom. The van der Waals surface area contributed by atoms with Gasteiger partial charge in [0.1, 0.15) is 11.5 Å². The van der Waals surface area contributed by atoms with E-state index in [-0.39, 0.29) is 11.8 Å². The van der Waals surface area contributed by atoms with Gasteiger partial charge in [0.15, 0.2) is 5.88 Å². The van der Waals surface area contributed by atoms with Crippen LogP contribution in [0.1, 0.15) is 39.5 Å². The summed E-state index contributed by atoms with van der Waals surface area (Å²) in [6.45, 7) is 7.17. The number of pyridine rings is 1. The fraction of sp³-hybridized carbons (Fsp3) is 0.231. The highest BCUT2D eigenvalue weighted by atomic mass is 16.5. The average molecular weight is 430 g/mol. The molecule has 0 radical (unpaired) electrons. The topological polar surface area (TPSA) is 63.7 Å². The molecular weight excluding hydrogens is 402 g/mol. The van der Waals surface area contributed by atoms with Crippen molar-refractivity contribution in [1.29, 1.82) is 0 Å². The summed E-state index contributed by atoms with van der Waals surface area (Å²) in [4.78, 5) is 18.7. The molecule has 1 atom stereocenters. The number of amides is 1. The number of fused-ring (bicyclic) bond motifs is 1. The van der Waals surface area contributed by atoms with Crippen LogP contribution in [0.2, 0.25) is 0 Å². The number of carbonyl (C=O) groups excluding carboxylic acids is 1. The van der Waals surface area contributed by atoms with Crippen LogP contribution < -0.4 is 14.8 Å². The minimum atomic E-state index is -0.273. The highest BCUT2D eigenvalue weighted by Gasteiger charge is 2.24. The van der Waals surface area contributed by atoms with Crippen LogP contribution in [0.3, 0.4) is 0 Å². The molecule has 1 unspecified atom stereocenters. The Hall–Kier alpha value is -3.64. The predicted molar refractivity (Wildman–Crippen MR) is 123 cm³/mol. The van der Waals surface area contributed by atoms with E-state index in [1.807, 2.05) is 43.3 Å². The number of benzene rings is 2. The highest BCUT2D eigenvalue weighted by Crippen LogP contribution is 2.35. The maximum absolute atomic E-state index is 12.4. The van der Waals surface area contributed by atoms with E-state index in [1.54, 1.807) is 18.5 Å². The van der Waals surface area contributed by atoms with Gasteiger partial charge in [0, 0.05) is 42.5 Å². The van der Waals surface area contributed by atoms with Gasteiger partial charge in [0.05, 0.1) is 6.61 Å². The molecule has 32 heavy (non-hydrogen) atoms. The van der Waals surface area contributed by atoms with Gasteiger partial charge >= 0.3 is 0 Å². The summed E-state index contributed by atoms with van der Waals surface area (Å²) < 4.78 is 11.5. The number of aromatic nitrogens is 1. The van der Waals surface area contributed by atoms with E-state index in [9.17, 15) is 4.79 Å². The van der Waals surface area contributed by atoms with Crippen LogP contribution in [-0.2, 0) is 6.54 Å². The summed E-state index contributed by atoms with van der Waals surface area (Å²) in [5, 5.41) is 2.68. The van der Waals surface area contributed by atoms with Crippen molar-refractivity contribution >= 4 is 5.91 Å². The average Bonchev–Trinajstić information content (AvgIpc) is 2.80. The van der Waals surface area contributed by atoms with Crippen molar-refractivity contribution in [3.8, 4) is 11.5 Å². The number of hydrogen-bond donors (Lipinski definition) is 1. The summed E-state index contributed by atoms with van der Waals surface area (Å²) in [5.74, 6) is 1.49. The lowest BCUT2D eigenvalue weighted by atomic mass is 9.99. The highest BCUT2D eigenvalue weighted by molar-refractivity contribution is 5.96. The fourth-order valence-corrected chi connectivity index (χ4v) is 3.93. The van der Waals surface area contributed by atoms with E-state index >= 15 is 0 Å². The molecule has 4 rings (SSSR count). The van der Waals surface area contributed by atoms with E-state index in [0.29, 0.717) is 17.4 Å². The zero-order valence-electron chi connectivity index (χ0n) is 18.4. The fourth-order valence-electron chi connectivity index (χ4n) is 3.93. The molecule has 6 nitrogen and oxygen atoms in total. The lowest BCUT2D eigenvalue weighted by Crippen LogP contribution is -2.29. The van der Waals surface area contributed by atoms with Crippen LogP contribution in [0.25, 0.3) is 0 Å². The van der Waals surface area contributed by atoms with Crippen LogP contribution >= 0.6 is 0 Å². The number of carbonyl (C=O) groups is 1. The van der Waals surface area contributed by atoms with Crippen molar-refractivity contribution in [2.24, 2.45) is 0 Å². The van der Waals surface area contributed by atoms with Crippen molar-refractivity contribution in [1.82, 2.24) is 15.2 Å². The van der Waals surface area contributed by atoms with Crippen molar-refractivity contribution in [2.45, 2.75) is 25.9 Å². The van der Waals surface area contributed by atoms with Gasteiger partial charge in [-0.05, 0) is 55.9 Å². The van der Waals surface area contributed by atoms with E-state index in [4.69, 9.17) is 9.47 Å². The second kappa shape index (κ2) is 9.66. The quantitative estimate of drug-likeness (QED) is 0.555. The van der Waals surface area contributed by atoms with Gasteiger partial charge in [-0.15, -0.1) is 0 Å². The number of nitrogens with zero attached hydrogens (tertiary/aromatic N) is 2. The molecule has 1 aliphatic heterocycles. The lowest BCUT2D eigenvalue weighted by Gasteiger charge is -2.33. The molecule has 164 valence electrons. The molecule has 0 bridgehead atoms. The third-order valence-corrected chi connectivity index (χ3v) is 5.57. The van der Waals surface area contributed by atoms with E-state index in [1.165, 1.54) is 11.1 Å². The maximum Gasteiger partial charge on any atom is 0.258 e. The predicted octanol–water partition coefficient (Wildman–Crippen LogP) is 4.63. The van der Waals surface area contributed by atoms with E-state index in [0.717, 1.165) is 30.9 Å². The molecule has 0 spiro atoms. The van der Waals surface area contributed by atoms with Gasteiger partial charge in [0.25, 0.3) is 5.91 Å². The van der Waals surface area contributed by atoms with Crippen LogP contribution in [-0.4, -0.2) is 29.4 Å². The second-order valence-corrected chi connectivity index (χ2v) is 7.92. The van der Waals surface area contributed by atoms with E-state index in [2.05, 4.69) is 41.0 Å². The van der Waals surface area contributed by atoms with Gasteiger partial charge in [0.2, 0.25) is 0 Å². The summed E-state index contributed by atoms with van der Waals surface area (Å²) in [7, 11) is 2.13. The molecule has 1 amide bonds. The SMILES string of the molecule is C=C(NC(=O)c1ccncc1C)Oc1ccc(CN(C)C2CCOc3ccccc32)cc1. The third-order valence-electron chi connectivity index (χ3n) is 5.57. The summed E-state index contributed by atoms with van der Waals surface area (Å²) in [5.41, 5.74) is 3.74. The zero-order valence-corrected chi connectivity index (χ0v) is 18.4. The van der Waals surface area contributed by atoms with Gasteiger partial charge in [-0.1, -0.05) is 30.3 Å². The maximum atomic E-state index is 12.4. The first-order valence-corrected chi connectivity index (χ1v) is 10.6. The lowest BCUT2D eigenvalue weighted by molar-refractivity contribution is 0.0949. The van der Waals surface area contributed by atoms with Gasteiger partial charge in [-0.2, -0.15) is 0 Å². The molecule has 0 saturated carbocycles. The molecule has 3 aromatic rings. The second-order valence-electron chi connectivity index (χ2n) is 7.92. The standard InChI is InChI=1S/C26H27N3O3/c1-18-16-27-14-12-22(18)26(30)28-19(2)32-21-10-8-20(9-11-21)17-29(3)24-13-15-31-25-7-5-4-6-23(24)25/h4-12,14,16,24H,2,13,15,17H2,1,3H3,(H,28,30). The van der Waals surface area contributed by atoms with Gasteiger partial charge in [-0.25, -0.2) is 0 Å². The number of nitrogens with one attached hydrogen (secondary N) is 1. The van der Waals surface area contributed by atoms with Gasteiger partial charge in [-0.3, -0.25) is 20.0 Å². The Morgan fingerprint density at radius 2 is 2.00 bits per heavy atom. The Morgan fingerprint density at radius 1 is 1.22 bits per heavy atom. The third kappa shape index (κ3) is 4.98.